The summed E-state index contributed by atoms with van der Waals surface area (Å²) in [6, 6.07) is 15.3. The van der Waals surface area contributed by atoms with Crippen molar-refractivity contribution in [2.45, 2.75) is 13.8 Å². The first-order chi connectivity index (χ1) is 13.8. The van der Waals surface area contributed by atoms with Crippen LogP contribution in [0, 0.1) is 0 Å². The van der Waals surface area contributed by atoms with Gasteiger partial charge in [0.2, 0.25) is 0 Å². The van der Waals surface area contributed by atoms with Gasteiger partial charge in [0.15, 0.2) is 0 Å². The maximum Gasteiger partial charge on any atom is 0.265 e. The standard InChI is InChI=1S/C20H22N6O2/c1-3-27-18-11-7-5-9-16(18)13-21-24-20-25-22-15-26(20)23-14-17-10-6-8-12-19(17)28-4-2/h5-15H,3-4H2,1-2H3,(H,24,25)/b21-13+,23-14+. The van der Waals surface area contributed by atoms with Gasteiger partial charge in [0.25, 0.3) is 5.95 Å². The summed E-state index contributed by atoms with van der Waals surface area (Å²) in [7, 11) is 0. The van der Waals surface area contributed by atoms with E-state index in [1.54, 1.807) is 12.4 Å². The van der Waals surface area contributed by atoms with Gasteiger partial charge >= 0.3 is 0 Å². The first kappa shape index (κ1) is 19.1. The second-order valence-electron chi connectivity index (χ2n) is 5.56. The minimum absolute atomic E-state index is 0.385. The van der Waals surface area contributed by atoms with Crippen molar-refractivity contribution in [3.05, 3.63) is 66.0 Å². The zero-order valence-electron chi connectivity index (χ0n) is 15.8. The molecule has 0 spiro atoms. The Bertz CT molecular complexity index is 951. The van der Waals surface area contributed by atoms with Crippen LogP contribution in [0.3, 0.4) is 0 Å². The summed E-state index contributed by atoms with van der Waals surface area (Å²) in [5, 5.41) is 16.5. The van der Waals surface area contributed by atoms with Gasteiger partial charge in [-0.1, -0.05) is 24.3 Å². The van der Waals surface area contributed by atoms with Crippen molar-refractivity contribution in [3.8, 4) is 11.5 Å². The van der Waals surface area contributed by atoms with E-state index >= 15 is 0 Å². The van der Waals surface area contributed by atoms with E-state index in [0.29, 0.717) is 19.2 Å². The van der Waals surface area contributed by atoms with Crippen molar-refractivity contribution in [2.75, 3.05) is 18.6 Å². The van der Waals surface area contributed by atoms with Gasteiger partial charge in [-0.25, -0.2) is 5.43 Å². The highest BCUT2D eigenvalue weighted by atomic mass is 16.5. The van der Waals surface area contributed by atoms with Gasteiger partial charge in [-0.15, -0.1) is 10.2 Å². The fraction of sp³-hybridized carbons (Fsp3) is 0.200. The molecule has 2 aromatic carbocycles. The van der Waals surface area contributed by atoms with E-state index in [4.69, 9.17) is 9.47 Å². The first-order valence-corrected chi connectivity index (χ1v) is 8.99. The molecule has 28 heavy (non-hydrogen) atoms. The third-order valence-corrected chi connectivity index (χ3v) is 3.66. The molecule has 1 heterocycles. The van der Waals surface area contributed by atoms with E-state index in [1.165, 1.54) is 11.0 Å². The normalized spacial score (nSPS) is 11.2. The zero-order valence-corrected chi connectivity index (χ0v) is 15.8. The van der Waals surface area contributed by atoms with Crippen molar-refractivity contribution in [2.24, 2.45) is 10.2 Å². The highest BCUT2D eigenvalue weighted by molar-refractivity contribution is 5.84. The number of hydrogen-bond acceptors (Lipinski definition) is 7. The van der Waals surface area contributed by atoms with E-state index in [0.717, 1.165) is 22.6 Å². The molecule has 1 N–H and O–H groups in total. The molecule has 8 nitrogen and oxygen atoms in total. The Kier molecular flexibility index (Phi) is 6.73. The highest BCUT2D eigenvalue weighted by Gasteiger charge is 2.03. The number of hydrazone groups is 1. The average molecular weight is 378 g/mol. The van der Waals surface area contributed by atoms with Crippen LogP contribution in [0.15, 0.2) is 65.1 Å². The van der Waals surface area contributed by atoms with E-state index in [2.05, 4.69) is 25.8 Å². The molecular formula is C20H22N6O2. The smallest absolute Gasteiger partial charge is 0.265 e. The van der Waals surface area contributed by atoms with Gasteiger partial charge in [0.05, 0.1) is 25.6 Å². The van der Waals surface area contributed by atoms with Gasteiger partial charge in [0, 0.05) is 11.1 Å². The second kappa shape index (κ2) is 9.86. The molecule has 0 aliphatic rings. The Hall–Kier alpha value is -3.68. The second-order valence-corrected chi connectivity index (χ2v) is 5.56. The predicted molar refractivity (Wildman–Crippen MR) is 109 cm³/mol. The third kappa shape index (κ3) is 4.94. The molecule has 0 aliphatic heterocycles. The Balaban J connectivity index is 1.71. The van der Waals surface area contributed by atoms with Crippen LogP contribution >= 0.6 is 0 Å². The number of nitrogens with one attached hydrogen (secondary N) is 1. The number of ether oxygens (including phenoxy) is 2. The SMILES string of the molecule is CCOc1ccccc1/C=N/Nc1nncn1/N=C/c1ccccc1OCC. The molecule has 0 amide bonds. The highest BCUT2D eigenvalue weighted by Crippen LogP contribution is 2.17. The lowest BCUT2D eigenvalue weighted by atomic mass is 10.2. The maximum atomic E-state index is 5.60. The largest absolute Gasteiger partial charge is 0.493 e. The lowest BCUT2D eigenvalue weighted by molar-refractivity contribution is 0.339. The van der Waals surface area contributed by atoms with Crippen LogP contribution in [-0.4, -0.2) is 40.5 Å². The molecule has 0 saturated carbocycles. The molecular weight excluding hydrogens is 356 g/mol. The van der Waals surface area contributed by atoms with Crippen LogP contribution in [-0.2, 0) is 0 Å². The molecule has 144 valence electrons. The summed E-state index contributed by atoms with van der Waals surface area (Å²) in [5.41, 5.74) is 4.56. The Labute approximate surface area is 163 Å². The van der Waals surface area contributed by atoms with E-state index in [1.807, 2.05) is 62.4 Å². The van der Waals surface area contributed by atoms with Crippen LogP contribution in [0.1, 0.15) is 25.0 Å². The third-order valence-electron chi connectivity index (χ3n) is 3.66. The van der Waals surface area contributed by atoms with Crippen LogP contribution in [0.25, 0.3) is 0 Å². The summed E-state index contributed by atoms with van der Waals surface area (Å²) < 4.78 is 12.7. The van der Waals surface area contributed by atoms with E-state index < -0.39 is 0 Å². The molecule has 8 heteroatoms. The molecule has 3 rings (SSSR count). The summed E-state index contributed by atoms with van der Waals surface area (Å²) in [6.07, 6.45) is 4.84. The van der Waals surface area contributed by atoms with Gasteiger partial charge in [-0.3, -0.25) is 0 Å². The summed E-state index contributed by atoms with van der Waals surface area (Å²) >= 11 is 0. The van der Waals surface area contributed by atoms with Crippen LogP contribution < -0.4 is 14.9 Å². The summed E-state index contributed by atoms with van der Waals surface area (Å²) in [6.45, 7) is 5.06. The van der Waals surface area contributed by atoms with Crippen molar-refractivity contribution in [1.29, 1.82) is 0 Å². The predicted octanol–water partition coefficient (Wildman–Crippen LogP) is 3.40. The Morgan fingerprint density at radius 2 is 1.54 bits per heavy atom. The fourth-order valence-electron chi connectivity index (χ4n) is 2.42. The van der Waals surface area contributed by atoms with Crippen LogP contribution in [0.2, 0.25) is 0 Å². The number of benzene rings is 2. The number of rotatable bonds is 9. The van der Waals surface area contributed by atoms with E-state index in [9.17, 15) is 0 Å². The van der Waals surface area contributed by atoms with Crippen molar-refractivity contribution in [3.63, 3.8) is 0 Å². The molecule has 0 fully saturated rings. The quantitative estimate of drug-likeness (QED) is 0.456. The van der Waals surface area contributed by atoms with Crippen molar-refractivity contribution >= 4 is 18.4 Å². The topological polar surface area (TPSA) is 85.9 Å². The van der Waals surface area contributed by atoms with Gasteiger partial charge in [0.1, 0.15) is 17.8 Å². The fourth-order valence-corrected chi connectivity index (χ4v) is 2.42. The number of para-hydroxylation sites is 2. The monoisotopic (exact) mass is 378 g/mol. The molecule has 0 saturated heterocycles. The maximum absolute atomic E-state index is 5.60. The van der Waals surface area contributed by atoms with Crippen LogP contribution in [0.5, 0.6) is 11.5 Å². The van der Waals surface area contributed by atoms with Crippen LogP contribution in [0.4, 0.5) is 5.95 Å². The number of hydrogen-bond donors (Lipinski definition) is 1. The molecule has 3 aromatic rings. The van der Waals surface area contributed by atoms with E-state index in [-0.39, 0.29) is 0 Å². The molecule has 0 unspecified atom stereocenters. The lowest BCUT2D eigenvalue weighted by Crippen LogP contribution is -2.01. The first-order valence-electron chi connectivity index (χ1n) is 8.99. The lowest BCUT2D eigenvalue weighted by Gasteiger charge is -2.06. The zero-order chi connectivity index (χ0) is 19.6. The minimum Gasteiger partial charge on any atom is -0.493 e. The van der Waals surface area contributed by atoms with Gasteiger partial charge < -0.3 is 9.47 Å². The molecule has 0 bridgehead atoms. The summed E-state index contributed by atoms with van der Waals surface area (Å²) in [5.74, 6) is 1.92. The molecule has 0 atom stereocenters. The minimum atomic E-state index is 0.385. The van der Waals surface area contributed by atoms with Crippen molar-refractivity contribution in [1.82, 2.24) is 14.9 Å². The number of aromatic nitrogens is 3. The molecule has 1 aromatic heterocycles. The van der Waals surface area contributed by atoms with Gasteiger partial charge in [-0.05, 0) is 38.1 Å². The molecule has 0 radical (unpaired) electrons. The Morgan fingerprint density at radius 1 is 0.929 bits per heavy atom. The average Bonchev–Trinajstić information content (AvgIpc) is 3.16. The van der Waals surface area contributed by atoms with Gasteiger partial charge in [-0.2, -0.15) is 14.9 Å². The number of anilines is 1. The number of nitrogens with zero attached hydrogens (tertiary/aromatic N) is 5. The molecule has 0 aliphatic carbocycles. The van der Waals surface area contributed by atoms with Crippen molar-refractivity contribution < 1.29 is 9.47 Å². The Morgan fingerprint density at radius 3 is 2.18 bits per heavy atom. The summed E-state index contributed by atoms with van der Waals surface area (Å²) in [4.78, 5) is 0.